The average molecular weight is 656 g/mol. The topological polar surface area (TPSA) is 69.6 Å². The normalized spacial score (nSPS) is 12.4. The number of nitrogens with zero attached hydrogens (tertiary/aromatic N) is 5. The van der Waals surface area contributed by atoms with Gasteiger partial charge in [0, 0.05) is 32.7 Å². The number of fused-ring (bicyclic) bond motifs is 4. The molecular formula is C44H41N5O. The zero-order valence-corrected chi connectivity index (χ0v) is 30.0. The average Bonchev–Trinajstić information content (AvgIpc) is 3.66. The minimum Gasteiger partial charge on any atom is -0.455 e. The molecule has 0 radical (unpaired) electrons. The molecule has 0 aliphatic rings. The molecule has 6 nitrogen and oxygen atoms in total. The predicted octanol–water partition coefficient (Wildman–Crippen LogP) is 11.3. The maximum Gasteiger partial charge on any atom is 0.163 e. The summed E-state index contributed by atoms with van der Waals surface area (Å²) < 4.78 is 9.20. The minimum atomic E-state index is -0.198. The molecule has 0 atom stereocenters. The van der Waals surface area contributed by atoms with Crippen LogP contribution in [0.5, 0.6) is 0 Å². The number of furan rings is 1. The van der Waals surface area contributed by atoms with Gasteiger partial charge in [-0.2, -0.15) is 0 Å². The number of para-hydroxylation sites is 5. The molecule has 0 saturated carbocycles. The molecule has 0 spiro atoms. The standard InChI is InChI=1S/C44H41N5O/c1-26-14-11-15-27(2)36(26)49-35-21-10-9-20-34(35)45-40(49)33-19-13-18-32-31-17-12-16-30(37(31)50-38(32)33)28-22-24-29(25-23-28)39-46-41(43(3,4)5)48-42(47-39)44(6,7)8/h9-25H,1-8H3. The molecule has 50 heavy (non-hydrogen) atoms. The molecule has 6 heteroatoms. The van der Waals surface area contributed by atoms with Crippen molar-refractivity contribution in [2.75, 3.05) is 0 Å². The maximum absolute atomic E-state index is 6.91. The Kier molecular flexibility index (Phi) is 7.26. The number of benzene rings is 5. The second kappa shape index (κ2) is 11.5. The fraction of sp³-hybridized carbons (Fsp3) is 0.227. The van der Waals surface area contributed by atoms with Gasteiger partial charge in [0.1, 0.15) is 28.6 Å². The van der Waals surface area contributed by atoms with Crippen LogP contribution in [0.2, 0.25) is 0 Å². The number of imidazole rings is 1. The van der Waals surface area contributed by atoms with Crippen LogP contribution in [-0.4, -0.2) is 24.5 Å². The van der Waals surface area contributed by atoms with E-state index in [-0.39, 0.29) is 10.8 Å². The highest BCUT2D eigenvalue weighted by atomic mass is 16.3. The highest BCUT2D eigenvalue weighted by Gasteiger charge is 2.26. The van der Waals surface area contributed by atoms with E-state index in [9.17, 15) is 0 Å². The van der Waals surface area contributed by atoms with Gasteiger partial charge in [-0.05, 0) is 48.7 Å². The van der Waals surface area contributed by atoms with Crippen LogP contribution in [-0.2, 0) is 10.8 Å². The Labute approximate surface area is 292 Å². The van der Waals surface area contributed by atoms with E-state index in [1.165, 1.54) is 11.1 Å². The first-order chi connectivity index (χ1) is 23.9. The molecule has 0 saturated heterocycles. The van der Waals surface area contributed by atoms with Crippen molar-refractivity contribution in [3.8, 4) is 39.6 Å². The van der Waals surface area contributed by atoms with Crippen molar-refractivity contribution in [1.29, 1.82) is 0 Å². The van der Waals surface area contributed by atoms with Gasteiger partial charge in [-0.3, -0.25) is 4.57 Å². The Hall–Kier alpha value is -5.62. The van der Waals surface area contributed by atoms with Gasteiger partial charge in [-0.1, -0.05) is 126 Å². The van der Waals surface area contributed by atoms with Crippen LogP contribution < -0.4 is 0 Å². The van der Waals surface area contributed by atoms with E-state index in [4.69, 9.17) is 24.4 Å². The highest BCUT2D eigenvalue weighted by molar-refractivity contribution is 6.13. The summed E-state index contributed by atoms with van der Waals surface area (Å²) in [7, 11) is 0. The third-order valence-electron chi connectivity index (χ3n) is 9.42. The van der Waals surface area contributed by atoms with E-state index in [2.05, 4.69) is 157 Å². The molecule has 8 aromatic rings. The molecule has 3 aromatic heterocycles. The smallest absolute Gasteiger partial charge is 0.163 e. The molecule has 0 unspecified atom stereocenters. The first-order valence-electron chi connectivity index (χ1n) is 17.2. The lowest BCUT2D eigenvalue weighted by atomic mass is 9.93. The zero-order valence-electron chi connectivity index (χ0n) is 30.0. The summed E-state index contributed by atoms with van der Waals surface area (Å²) in [5, 5.41) is 2.13. The van der Waals surface area contributed by atoms with E-state index in [1.54, 1.807) is 0 Å². The first-order valence-corrected chi connectivity index (χ1v) is 17.2. The van der Waals surface area contributed by atoms with Gasteiger partial charge >= 0.3 is 0 Å². The summed E-state index contributed by atoms with van der Waals surface area (Å²) >= 11 is 0. The minimum absolute atomic E-state index is 0.198. The zero-order chi connectivity index (χ0) is 34.9. The molecule has 0 bridgehead atoms. The second-order valence-corrected chi connectivity index (χ2v) is 15.4. The Morgan fingerprint density at radius 2 is 1.06 bits per heavy atom. The van der Waals surface area contributed by atoms with Crippen molar-refractivity contribution >= 4 is 33.0 Å². The summed E-state index contributed by atoms with van der Waals surface area (Å²) in [4.78, 5) is 19.9. The fourth-order valence-corrected chi connectivity index (χ4v) is 6.79. The molecule has 5 aromatic carbocycles. The summed E-state index contributed by atoms with van der Waals surface area (Å²) in [6.45, 7) is 17.2. The van der Waals surface area contributed by atoms with Crippen molar-refractivity contribution in [1.82, 2.24) is 24.5 Å². The molecule has 0 fully saturated rings. The maximum atomic E-state index is 6.91. The molecule has 0 amide bonds. The largest absolute Gasteiger partial charge is 0.455 e. The molecule has 0 N–H and O–H groups in total. The van der Waals surface area contributed by atoms with E-state index in [1.807, 2.05) is 6.07 Å². The number of hydrogen-bond donors (Lipinski definition) is 0. The molecule has 8 rings (SSSR count). The SMILES string of the molecule is Cc1cccc(C)c1-n1c(-c2cccc3c2oc2c(-c4ccc(-c5nc(C(C)(C)C)nc(C(C)(C)C)n5)cc4)cccc23)nc2ccccc21. The Balaban J connectivity index is 1.28. The van der Waals surface area contributed by atoms with Crippen LogP contribution in [0.3, 0.4) is 0 Å². The molecular weight excluding hydrogens is 615 g/mol. The molecule has 248 valence electrons. The van der Waals surface area contributed by atoms with Gasteiger partial charge in [-0.15, -0.1) is 0 Å². The van der Waals surface area contributed by atoms with Gasteiger partial charge in [-0.25, -0.2) is 19.9 Å². The number of aromatic nitrogens is 5. The summed E-state index contributed by atoms with van der Waals surface area (Å²) in [5.74, 6) is 3.15. The fourth-order valence-electron chi connectivity index (χ4n) is 6.79. The number of aryl methyl sites for hydroxylation is 2. The van der Waals surface area contributed by atoms with Crippen molar-refractivity contribution in [2.24, 2.45) is 0 Å². The predicted molar refractivity (Wildman–Crippen MR) is 205 cm³/mol. The molecule has 0 aliphatic carbocycles. The van der Waals surface area contributed by atoms with Crippen molar-refractivity contribution in [3.05, 3.63) is 126 Å². The summed E-state index contributed by atoms with van der Waals surface area (Å²) in [6.07, 6.45) is 0. The third kappa shape index (κ3) is 5.27. The lowest BCUT2D eigenvalue weighted by Gasteiger charge is -2.22. The van der Waals surface area contributed by atoms with Gasteiger partial charge in [0.2, 0.25) is 0 Å². The van der Waals surface area contributed by atoms with E-state index in [0.29, 0.717) is 5.82 Å². The van der Waals surface area contributed by atoms with Gasteiger partial charge in [0.25, 0.3) is 0 Å². The monoisotopic (exact) mass is 655 g/mol. The number of hydrogen-bond acceptors (Lipinski definition) is 5. The summed E-state index contributed by atoms with van der Waals surface area (Å²) in [5.41, 5.74) is 10.8. The van der Waals surface area contributed by atoms with E-state index in [0.717, 1.165) is 78.4 Å². The van der Waals surface area contributed by atoms with Crippen molar-refractivity contribution in [2.45, 2.75) is 66.2 Å². The van der Waals surface area contributed by atoms with Gasteiger partial charge < -0.3 is 4.42 Å². The highest BCUT2D eigenvalue weighted by Crippen LogP contribution is 2.41. The van der Waals surface area contributed by atoms with E-state index < -0.39 is 0 Å². The third-order valence-corrected chi connectivity index (χ3v) is 9.42. The Bertz CT molecular complexity index is 2520. The van der Waals surface area contributed by atoms with E-state index >= 15 is 0 Å². The Morgan fingerprint density at radius 3 is 1.68 bits per heavy atom. The molecule has 3 heterocycles. The molecule has 0 aliphatic heterocycles. The lowest BCUT2D eigenvalue weighted by Crippen LogP contribution is -2.24. The van der Waals surface area contributed by atoms with Crippen molar-refractivity contribution < 1.29 is 4.42 Å². The van der Waals surface area contributed by atoms with Crippen LogP contribution in [0.4, 0.5) is 0 Å². The van der Waals surface area contributed by atoms with Crippen molar-refractivity contribution in [3.63, 3.8) is 0 Å². The number of rotatable bonds is 4. The van der Waals surface area contributed by atoms with Crippen LogP contribution in [0.1, 0.15) is 64.3 Å². The van der Waals surface area contributed by atoms with Crippen LogP contribution in [0.15, 0.2) is 108 Å². The summed E-state index contributed by atoms with van der Waals surface area (Å²) in [6, 6.07) is 36.0. The first kappa shape index (κ1) is 31.6. The lowest BCUT2D eigenvalue weighted by molar-refractivity contribution is 0.497. The van der Waals surface area contributed by atoms with Crippen LogP contribution in [0.25, 0.3) is 72.6 Å². The van der Waals surface area contributed by atoms with Gasteiger partial charge in [0.15, 0.2) is 5.82 Å². The second-order valence-electron chi connectivity index (χ2n) is 15.4. The van der Waals surface area contributed by atoms with Crippen LogP contribution in [0, 0.1) is 13.8 Å². The quantitative estimate of drug-likeness (QED) is 0.189. The van der Waals surface area contributed by atoms with Gasteiger partial charge in [0.05, 0.1) is 22.3 Å². The van der Waals surface area contributed by atoms with Crippen LogP contribution >= 0.6 is 0 Å². The Morgan fingerprint density at radius 1 is 0.520 bits per heavy atom.